The van der Waals surface area contributed by atoms with Crippen LogP contribution in [-0.4, -0.2) is 38.3 Å². The second-order valence-electron chi connectivity index (χ2n) is 4.36. The minimum atomic E-state index is 0.589. The summed E-state index contributed by atoms with van der Waals surface area (Å²) in [7, 11) is 0. The Morgan fingerprint density at radius 1 is 1.39 bits per heavy atom. The Kier molecular flexibility index (Phi) is 4.40. The van der Waals surface area contributed by atoms with Crippen LogP contribution in [0.4, 0.5) is 5.82 Å². The quantitative estimate of drug-likeness (QED) is 0.750. The minimum absolute atomic E-state index is 0.589. The van der Waals surface area contributed by atoms with Crippen molar-refractivity contribution < 1.29 is 0 Å². The zero-order valence-electron chi connectivity index (χ0n) is 10.6. The van der Waals surface area contributed by atoms with E-state index in [0.717, 1.165) is 25.3 Å². The number of nitrogens with one attached hydrogen (secondary N) is 1. The molecule has 2 heterocycles. The fourth-order valence-corrected chi connectivity index (χ4v) is 1.99. The van der Waals surface area contributed by atoms with Crippen molar-refractivity contribution in [1.29, 1.82) is 0 Å². The molecule has 0 spiro atoms. The molecule has 0 aliphatic rings. The molecule has 7 heteroatoms. The third kappa shape index (κ3) is 3.13. The molecule has 1 unspecified atom stereocenters. The Morgan fingerprint density at radius 2 is 2.28 bits per heavy atom. The third-order valence-corrected chi connectivity index (χ3v) is 2.91. The van der Waals surface area contributed by atoms with Crippen molar-refractivity contribution in [3.63, 3.8) is 0 Å². The summed E-state index contributed by atoms with van der Waals surface area (Å²) in [5.41, 5.74) is 6.26. The molecule has 0 aromatic carbocycles. The highest BCUT2D eigenvalue weighted by Crippen LogP contribution is 2.12. The molecule has 0 saturated carbocycles. The Hall–Kier alpha value is -1.76. The summed E-state index contributed by atoms with van der Waals surface area (Å²) in [5, 5.41) is 18.7. The zero-order valence-corrected chi connectivity index (χ0v) is 10.6. The van der Waals surface area contributed by atoms with Crippen LogP contribution in [0.25, 0.3) is 5.65 Å². The van der Waals surface area contributed by atoms with E-state index in [1.165, 1.54) is 17.5 Å². The van der Waals surface area contributed by atoms with Crippen LogP contribution in [-0.2, 0) is 0 Å². The van der Waals surface area contributed by atoms with Crippen LogP contribution in [0.1, 0.15) is 26.2 Å². The van der Waals surface area contributed by atoms with Crippen molar-refractivity contribution in [1.82, 2.24) is 25.3 Å². The first-order chi connectivity index (χ1) is 8.83. The Labute approximate surface area is 106 Å². The highest BCUT2D eigenvalue weighted by Gasteiger charge is 2.07. The summed E-state index contributed by atoms with van der Waals surface area (Å²) in [4.78, 5) is 0. The first kappa shape index (κ1) is 12.7. The number of nitrogens with zero attached hydrogens (tertiary/aromatic N) is 5. The first-order valence-corrected chi connectivity index (χ1v) is 6.33. The van der Waals surface area contributed by atoms with Gasteiger partial charge >= 0.3 is 0 Å². The molecule has 0 aliphatic heterocycles. The van der Waals surface area contributed by atoms with Crippen LogP contribution in [0.2, 0.25) is 0 Å². The van der Waals surface area contributed by atoms with Gasteiger partial charge in [0, 0.05) is 6.54 Å². The van der Waals surface area contributed by atoms with Crippen LogP contribution in [0.15, 0.2) is 12.1 Å². The van der Waals surface area contributed by atoms with Gasteiger partial charge in [0.1, 0.15) is 5.82 Å². The summed E-state index contributed by atoms with van der Waals surface area (Å²) in [6.45, 7) is 3.80. The predicted octanol–water partition coefficient (Wildman–Crippen LogP) is 0.696. The number of aromatic nitrogens is 5. The maximum atomic E-state index is 5.62. The Bertz CT molecular complexity index is 475. The topological polar surface area (TPSA) is 94.0 Å². The molecule has 0 radical (unpaired) electrons. The van der Waals surface area contributed by atoms with Gasteiger partial charge in [0.15, 0.2) is 5.65 Å². The van der Waals surface area contributed by atoms with E-state index in [9.17, 15) is 0 Å². The van der Waals surface area contributed by atoms with Gasteiger partial charge in [0.05, 0.1) is 0 Å². The number of nitrogens with two attached hydrogens (primary N) is 1. The predicted molar refractivity (Wildman–Crippen MR) is 69.1 cm³/mol. The minimum Gasteiger partial charge on any atom is -0.368 e. The van der Waals surface area contributed by atoms with Crippen molar-refractivity contribution >= 4 is 11.5 Å². The average Bonchev–Trinajstić information content (AvgIpc) is 2.84. The van der Waals surface area contributed by atoms with E-state index in [2.05, 4.69) is 32.9 Å². The van der Waals surface area contributed by atoms with Crippen LogP contribution in [0, 0.1) is 5.92 Å². The van der Waals surface area contributed by atoms with E-state index in [4.69, 9.17) is 5.73 Å². The van der Waals surface area contributed by atoms with Gasteiger partial charge in [-0.2, -0.15) is 0 Å². The van der Waals surface area contributed by atoms with Gasteiger partial charge in [-0.3, -0.25) is 0 Å². The van der Waals surface area contributed by atoms with Crippen LogP contribution in [0.3, 0.4) is 0 Å². The lowest BCUT2D eigenvalue weighted by Crippen LogP contribution is -2.18. The van der Waals surface area contributed by atoms with Crippen LogP contribution in [0.5, 0.6) is 0 Å². The van der Waals surface area contributed by atoms with Gasteiger partial charge in [-0.15, -0.1) is 14.8 Å². The molecule has 0 aliphatic carbocycles. The lowest BCUT2D eigenvalue weighted by molar-refractivity contribution is 0.472. The summed E-state index contributed by atoms with van der Waals surface area (Å²) >= 11 is 0. The van der Waals surface area contributed by atoms with Crippen LogP contribution >= 0.6 is 0 Å². The highest BCUT2D eigenvalue weighted by atomic mass is 15.6. The fraction of sp³-hybridized carbons (Fsp3) is 0.636. The normalized spacial score (nSPS) is 12.8. The molecule has 2 aromatic heterocycles. The SMILES string of the molecule is CCCC(CCN)CNc1ccc2nnnn2n1. The zero-order chi connectivity index (χ0) is 12.8. The smallest absolute Gasteiger partial charge is 0.200 e. The molecule has 2 rings (SSSR count). The van der Waals surface area contributed by atoms with Gasteiger partial charge in [0.2, 0.25) is 0 Å². The van der Waals surface area contributed by atoms with Gasteiger partial charge in [-0.25, -0.2) is 0 Å². The molecule has 0 amide bonds. The molecule has 0 bridgehead atoms. The molecule has 2 aromatic rings. The fourth-order valence-electron chi connectivity index (χ4n) is 1.99. The van der Waals surface area contributed by atoms with E-state index < -0.39 is 0 Å². The molecule has 1 atom stereocenters. The number of hydrogen-bond acceptors (Lipinski definition) is 6. The van der Waals surface area contributed by atoms with Gasteiger partial charge in [-0.05, 0) is 47.9 Å². The molecule has 18 heavy (non-hydrogen) atoms. The summed E-state index contributed by atoms with van der Waals surface area (Å²) in [6.07, 6.45) is 3.39. The second kappa shape index (κ2) is 6.25. The van der Waals surface area contributed by atoms with Gasteiger partial charge in [-0.1, -0.05) is 13.3 Å². The number of hydrogen-bond donors (Lipinski definition) is 2. The Balaban J connectivity index is 1.95. The van der Waals surface area contributed by atoms with E-state index in [1.807, 2.05) is 12.1 Å². The maximum Gasteiger partial charge on any atom is 0.200 e. The highest BCUT2D eigenvalue weighted by molar-refractivity contribution is 5.41. The largest absolute Gasteiger partial charge is 0.368 e. The molecule has 7 nitrogen and oxygen atoms in total. The summed E-state index contributed by atoms with van der Waals surface area (Å²) < 4.78 is 1.42. The Morgan fingerprint density at radius 3 is 3.06 bits per heavy atom. The third-order valence-electron chi connectivity index (χ3n) is 2.91. The summed E-state index contributed by atoms with van der Waals surface area (Å²) in [6, 6.07) is 3.73. The van der Waals surface area contributed by atoms with Crippen molar-refractivity contribution in [2.45, 2.75) is 26.2 Å². The monoisotopic (exact) mass is 249 g/mol. The number of fused-ring (bicyclic) bond motifs is 1. The number of rotatable bonds is 7. The second-order valence-corrected chi connectivity index (χ2v) is 4.36. The molecule has 0 fully saturated rings. The van der Waals surface area contributed by atoms with E-state index in [1.54, 1.807) is 0 Å². The number of anilines is 1. The maximum absolute atomic E-state index is 5.62. The number of tetrazole rings is 1. The van der Waals surface area contributed by atoms with E-state index >= 15 is 0 Å². The standard InChI is InChI=1S/C11H19N7/c1-2-3-9(6-7-12)8-13-10-4-5-11-14-16-17-18(11)15-10/h4-5,9H,2-3,6-8,12H2,1H3,(H,13,15). The van der Waals surface area contributed by atoms with Crippen LogP contribution < -0.4 is 11.1 Å². The van der Waals surface area contributed by atoms with E-state index in [0.29, 0.717) is 11.6 Å². The molecule has 98 valence electrons. The van der Waals surface area contributed by atoms with Crippen molar-refractivity contribution in [3.8, 4) is 0 Å². The van der Waals surface area contributed by atoms with Crippen molar-refractivity contribution in [3.05, 3.63) is 12.1 Å². The molecule has 3 N–H and O–H groups in total. The average molecular weight is 249 g/mol. The molecular weight excluding hydrogens is 230 g/mol. The summed E-state index contributed by atoms with van der Waals surface area (Å²) in [5.74, 6) is 1.37. The first-order valence-electron chi connectivity index (χ1n) is 6.33. The van der Waals surface area contributed by atoms with E-state index in [-0.39, 0.29) is 0 Å². The van der Waals surface area contributed by atoms with Gasteiger partial charge < -0.3 is 11.1 Å². The molecular formula is C11H19N7. The van der Waals surface area contributed by atoms with Gasteiger partial charge in [0.25, 0.3) is 0 Å². The lowest BCUT2D eigenvalue weighted by Gasteiger charge is -2.15. The van der Waals surface area contributed by atoms with Crippen molar-refractivity contribution in [2.75, 3.05) is 18.4 Å². The molecule has 0 saturated heterocycles. The van der Waals surface area contributed by atoms with Crippen molar-refractivity contribution in [2.24, 2.45) is 11.7 Å². The lowest BCUT2D eigenvalue weighted by atomic mass is 10.00.